The minimum atomic E-state index is 0.522. The third-order valence-electron chi connectivity index (χ3n) is 3.22. The van der Waals surface area contributed by atoms with Crippen LogP contribution in [0.5, 0.6) is 0 Å². The van der Waals surface area contributed by atoms with E-state index in [2.05, 4.69) is 39.5 Å². The molecule has 0 aromatic carbocycles. The quantitative estimate of drug-likeness (QED) is 0.541. The molecule has 1 fully saturated rings. The molecule has 0 heteroatoms. The number of hydrogen-bond donors (Lipinski definition) is 0. The lowest BCUT2D eigenvalue weighted by Crippen LogP contribution is -1.95. The van der Waals surface area contributed by atoms with Crippen molar-refractivity contribution in [3.63, 3.8) is 0 Å². The summed E-state index contributed by atoms with van der Waals surface area (Å²) in [5.74, 6) is 1.64. The van der Waals surface area contributed by atoms with Crippen molar-refractivity contribution in [2.24, 2.45) is 17.3 Å². The Labute approximate surface area is 70.0 Å². The van der Waals surface area contributed by atoms with E-state index in [4.69, 9.17) is 0 Å². The van der Waals surface area contributed by atoms with Gasteiger partial charge in [-0.2, -0.15) is 0 Å². The van der Waals surface area contributed by atoms with Crippen LogP contribution in [0.1, 0.15) is 27.2 Å². The van der Waals surface area contributed by atoms with Crippen molar-refractivity contribution in [3.8, 4) is 0 Å². The van der Waals surface area contributed by atoms with Crippen LogP contribution in [0.4, 0.5) is 0 Å². The second-order valence-electron chi connectivity index (χ2n) is 3.84. The Morgan fingerprint density at radius 1 is 1.55 bits per heavy atom. The SMILES string of the molecule is C=CCC1(C)C(C)C1C=CC. The molecular formula is C11H18. The lowest BCUT2D eigenvalue weighted by molar-refractivity contribution is 0.514. The molecule has 0 spiro atoms. The maximum Gasteiger partial charge on any atom is -0.0143 e. The van der Waals surface area contributed by atoms with E-state index in [9.17, 15) is 0 Å². The van der Waals surface area contributed by atoms with Crippen LogP contribution in [0.3, 0.4) is 0 Å². The summed E-state index contributed by atoms with van der Waals surface area (Å²) in [4.78, 5) is 0. The van der Waals surface area contributed by atoms with Gasteiger partial charge in [-0.05, 0) is 30.6 Å². The molecule has 1 aliphatic carbocycles. The Kier molecular flexibility index (Phi) is 2.22. The van der Waals surface area contributed by atoms with Crippen LogP contribution in [0.15, 0.2) is 24.8 Å². The predicted molar refractivity (Wildman–Crippen MR) is 50.4 cm³/mol. The highest BCUT2D eigenvalue weighted by Gasteiger charge is 2.55. The summed E-state index contributed by atoms with van der Waals surface area (Å²) in [6, 6.07) is 0. The second-order valence-corrected chi connectivity index (χ2v) is 3.84. The molecule has 0 N–H and O–H groups in total. The third kappa shape index (κ3) is 1.26. The molecule has 3 unspecified atom stereocenters. The van der Waals surface area contributed by atoms with E-state index < -0.39 is 0 Å². The van der Waals surface area contributed by atoms with E-state index in [1.54, 1.807) is 0 Å². The van der Waals surface area contributed by atoms with Gasteiger partial charge in [-0.15, -0.1) is 6.58 Å². The van der Waals surface area contributed by atoms with Gasteiger partial charge in [0.25, 0.3) is 0 Å². The molecule has 0 heterocycles. The first kappa shape index (κ1) is 8.58. The summed E-state index contributed by atoms with van der Waals surface area (Å²) in [6.07, 6.45) is 7.69. The summed E-state index contributed by atoms with van der Waals surface area (Å²) < 4.78 is 0. The molecule has 62 valence electrons. The topological polar surface area (TPSA) is 0 Å². The lowest BCUT2D eigenvalue weighted by atomic mass is 10.0. The standard InChI is InChI=1S/C11H18/c1-5-7-10-9(3)11(10,4)8-6-2/h5-7,9-10H,2,8H2,1,3-4H3. The molecule has 0 aromatic rings. The van der Waals surface area contributed by atoms with E-state index in [1.807, 2.05) is 6.08 Å². The molecule has 0 bridgehead atoms. The molecule has 3 atom stereocenters. The largest absolute Gasteiger partial charge is 0.103 e. The van der Waals surface area contributed by atoms with E-state index in [1.165, 1.54) is 0 Å². The van der Waals surface area contributed by atoms with Gasteiger partial charge in [0.05, 0.1) is 0 Å². The Morgan fingerprint density at radius 2 is 2.18 bits per heavy atom. The maximum atomic E-state index is 3.79. The van der Waals surface area contributed by atoms with Crippen molar-refractivity contribution in [2.45, 2.75) is 27.2 Å². The monoisotopic (exact) mass is 150 g/mol. The number of allylic oxidation sites excluding steroid dienone is 3. The highest BCUT2D eigenvalue weighted by atomic mass is 14.6. The van der Waals surface area contributed by atoms with Gasteiger partial charge in [0.15, 0.2) is 0 Å². The average molecular weight is 150 g/mol. The molecule has 1 aliphatic rings. The van der Waals surface area contributed by atoms with Crippen molar-refractivity contribution >= 4 is 0 Å². The van der Waals surface area contributed by atoms with Crippen molar-refractivity contribution in [1.82, 2.24) is 0 Å². The van der Waals surface area contributed by atoms with Gasteiger partial charge in [0.1, 0.15) is 0 Å². The number of hydrogen-bond acceptors (Lipinski definition) is 0. The van der Waals surface area contributed by atoms with E-state index in [0.29, 0.717) is 5.41 Å². The van der Waals surface area contributed by atoms with Gasteiger partial charge in [0, 0.05) is 0 Å². The highest BCUT2D eigenvalue weighted by Crippen LogP contribution is 2.61. The zero-order chi connectivity index (χ0) is 8.48. The summed E-state index contributed by atoms with van der Waals surface area (Å²) in [5.41, 5.74) is 0.522. The average Bonchev–Trinajstić information content (AvgIpc) is 2.43. The van der Waals surface area contributed by atoms with Crippen LogP contribution in [-0.4, -0.2) is 0 Å². The molecule has 1 rings (SSSR count). The molecule has 1 saturated carbocycles. The smallest absolute Gasteiger partial charge is 0.0143 e. The molecule has 0 amide bonds. The molecule has 0 saturated heterocycles. The van der Waals surface area contributed by atoms with Crippen molar-refractivity contribution in [2.75, 3.05) is 0 Å². The molecular weight excluding hydrogens is 132 g/mol. The maximum absolute atomic E-state index is 3.79. The first-order chi connectivity index (χ1) is 5.16. The van der Waals surface area contributed by atoms with Crippen LogP contribution in [0.2, 0.25) is 0 Å². The van der Waals surface area contributed by atoms with E-state index in [0.717, 1.165) is 18.3 Å². The van der Waals surface area contributed by atoms with Gasteiger partial charge >= 0.3 is 0 Å². The van der Waals surface area contributed by atoms with Crippen LogP contribution < -0.4 is 0 Å². The van der Waals surface area contributed by atoms with Crippen LogP contribution >= 0.6 is 0 Å². The first-order valence-electron chi connectivity index (χ1n) is 4.40. The van der Waals surface area contributed by atoms with Crippen molar-refractivity contribution in [3.05, 3.63) is 24.8 Å². The molecule has 0 radical (unpaired) electrons. The summed E-state index contributed by atoms with van der Waals surface area (Å²) in [7, 11) is 0. The van der Waals surface area contributed by atoms with Crippen molar-refractivity contribution in [1.29, 1.82) is 0 Å². The second kappa shape index (κ2) is 2.84. The summed E-state index contributed by atoms with van der Waals surface area (Å²) in [5, 5.41) is 0. The van der Waals surface area contributed by atoms with Crippen molar-refractivity contribution < 1.29 is 0 Å². The van der Waals surface area contributed by atoms with Gasteiger partial charge < -0.3 is 0 Å². The summed E-state index contributed by atoms with van der Waals surface area (Å²) in [6.45, 7) is 10.6. The van der Waals surface area contributed by atoms with Gasteiger partial charge in [-0.25, -0.2) is 0 Å². The Hall–Kier alpha value is -0.520. The molecule has 0 nitrogen and oxygen atoms in total. The molecule has 0 aromatic heterocycles. The Bertz CT molecular complexity index is 178. The minimum Gasteiger partial charge on any atom is -0.103 e. The highest BCUT2D eigenvalue weighted by molar-refractivity contribution is 5.15. The Balaban J connectivity index is 2.56. The molecule has 0 aliphatic heterocycles. The fourth-order valence-corrected chi connectivity index (χ4v) is 2.07. The van der Waals surface area contributed by atoms with Gasteiger partial charge in [-0.1, -0.05) is 32.1 Å². The zero-order valence-corrected chi connectivity index (χ0v) is 7.80. The van der Waals surface area contributed by atoms with Crippen LogP contribution in [0, 0.1) is 17.3 Å². The third-order valence-corrected chi connectivity index (χ3v) is 3.22. The van der Waals surface area contributed by atoms with E-state index in [-0.39, 0.29) is 0 Å². The Morgan fingerprint density at radius 3 is 2.64 bits per heavy atom. The lowest BCUT2D eigenvalue weighted by Gasteiger charge is -2.04. The van der Waals surface area contributed by atoms with Gasteiger partial charge in [-0.3, -0.25) is 0 Å². The normalized spacial score (nSPS) is 42.8. The van der Waals surface area contributed by atoms with Gasteiger partial charge in [0.2, 0.25) is 0 Å². The fraction of sp³-hybridized carbons (Fsp3) is 0.636. The summed E-state index contributed by atoms with van der Waals surface area (Å²) >= 11 is 0. The first-order valence-corrected chi connectivity index (χ1v) is 4.40. The fourth-order valence-electron chi connectivity index (χ4n) is 2.07. The van der Waals surface area contributed by atoms with Crippen LogP contribution in [-0.2, 0) is 0 Å². The van der Waals surface area contributed by atoms with Crippen LogP contribution in [0.25, 0.3) is 0 Å². The number of rotatable bonds is 3. The molecule has 11 heavy (non-hydrogen) atoms. The van der Waals surface area contributed by atoms with E-state index >= 15 is 0 Å². The zero-order valence-electron chi connectivity index (χ0n) is 7.80. The predicted octanol–water partition coefficient (Wildman–Crippen LogP) is 3.41. The minimum absolute atomic E-state index is 0.522.